The third-order valence-corrected chi connectivity index (χ3v) is 5.01. The van der Waals surface area contributed by atoms with Crippen molar-refractivity contribution in [2.45, 2.75) is 25.7 Å². The number of carbonyl (C=O) groups excluding carboxylic acids is 1. The molecule has 144 valence electrons. The summed E-state index contributed by atoms with van der Waals surface area (Å²) in [7, 11) is 0. The number of amides is 2. The normalized spacial score (nSPS) is 17.4. The highest BCUT2D eigenvalue weighted by atomic mass is 19.1. The zero-order valence-electron chi connectivity index (χ0n) is 15.7. The average Bonchev–Trinajstić information content (AvgIpc) is 2.68. The molecule has 0 aromatic heterocycles. The minimum atomic E-state index is -0.312. The number of hydrogen-bond donors (Lipinski definition) is 2. The van der Waals surface area contributed by atoms with Gasteiger partial charge in [0, 0.05) is 18.8 Å². The van der Waals surface area contributed by atoms with Crippen molar-refractivity contribution in [3.05, 3.63) is 66.0 Å². The molecular formula is C22H28FN3O. The van der Waals surface area contributed by atoms with Crippen LogP contribution in [0, 0.1) is 11.7 Å². The van der Waals surface area contributed by atoms with Gasteiger partial charge in [-0.3, -0.25) is 0 Å². The molecule has 1 saturated heterocycles. The first-order chi connectivity index (χ1) is 13.2. The molecule has 27 heavy (non-hydrogen) atoms. The summed E-state index contributed by atoms with van der Waals surface area (Å²) in [5.41, 5.74) is 2.01. The van der Waals surface area contributed by atoms with E-state index < -0.39 is 0 Å². The molecule has 1 aliphatic heterocycles. The Morgan fingerprint density at radius 1 is 1.11 bits per heavy atom. The maximum absolute atomic E-state index is 12.9. The van der Waals surface area contributed by atoms with Crippen molar-refractivity contribution in [1.29, 1.82) is 0 Å². The Balaban J connectivity index is 1.32. The Morgan fingerprint density at radius 3 is 2.67 bits per heavy atom. The monoisotopic (exact) mass is 369 g/mol. The van der Waals surface area contributed by atoms with Crippen LogP contribution in [0.4, 0.5) is 14.9 Å². The largest absolute Gasteiger partial charge is 0.338 e. The molecule has 1 atom stereocenters. The SMILES string of the molecule is O=C(NCCCN1CCCC(Cc2ccccc2)C1)Nc1ccc(F)cc1. The molecule has 1 heterocycles. The number of anilines is 1. The summed E-state index contributed by atoms with van der Waals surface area (Å²) in [5, 5.41) is 5.58. The number of piperidine rings is 1. The quantitative estimate of drug-likeness (QED) is 0.715. The zero-order chi connectivity index (χ0) is 18.9. The predicted molar refractivity (Wildman–Crippen MR) is 107 cm³/mol. The molecule has 1 aliphatic rings. The number of benzene rings is 2. The first kappa shape index (κ1) is 19.4. The number of hydrogen-bond acceptors (Lipinski definition) is 2. The average molecular weight is 369 g/mol. The van der Waals surface area contributed by atoms with Crippen molar-refractivity contribution in [1.82, 2.24) is 10.2 Å². The van der Waals surface area contributed by atoms with Gasteiger partial charge >= 0.3 is 6.03 Å². The molecule has 2 amide bonds. The van der Waals surface area contributed by atoms with Crippen LogP contribution in [0.15, 0.2) is 54.6 Å². The first-order valence-electron chi connectivity index (χ1n) is 9.76. The smallest absolute Gasteiger partial charge is 0.319 e. The fourth-order valence-corrected chi connectivity index (χ4v) is 3.68. The second kappa shape index (κ2) is 10.1. The van der Waals surface area contributed by atoms with Crippen molar-refractivity contribution < 1.29 is 9.18 Å². The molecule has 2 N–H and O–H groups in total. The van der Waals surface area contributed by atoms with E-state index in [2.05, 4.69) is 45.9 Å². The molecule has 5 heteroatoms. The van der Waals surface area contributed by atoms with Crippen LogP contribution in [0.5, 0.6) is 0 Å². The lowest BCUT2D eigenvalue weighted by molar-refractivity contribution is 0.172. The highest BCUT2D eigenvalue weighted by molar-refractivity contribution is 5.89. The molecule has 4 nitrogen and oxygen atoms in total. The Labute approximate surface area is 160 Å². The maximum Gasteiger partial charge on any atom is 0.319 e. The standard InChI is InChI=1S/C22H28FN3O/c23-20-9-11-21(12-10-20)25-22(27)24-13-5-15-26-14-4-8-19(17-26)16-18-6-2-1-3-7-18/h1-3,6-7,9-12,19H,4-5,8,13-17H2,(H2,24,25,27). The molecule has 0 radical (unpaired) electrons. The van der Waals surface area contributed by atoms with E-state index in [1.807, 2.05) is 0 Å². The summed E-state index contributed by atoms with van der Waals surface area (Å²) >= 11 is 0. The topological polar surface area (TPSA) is 44.4 Å². The second-order valence-electron chi connectivity index (χ2n) is 7.24. The molecule has 1 unspecified atom stereocenters. The molecule has 2 aromatic rings. The minimum absolute atomic E-state index is 0.248. The zero-order valence-corrected chi connectivity index (χ0v) is 15.7. The maximum atomic E-state index is 12.9. The van der Waals surface area contributed by atoms with Crippen LogP contribution in [0.2, 0.25) is 0 Å². The van der Waals surface area contributed by atoms with Gasteiger partial charge in [-0.2, -0.15) is 0 Å². The molecule has 0 bridgehead atoms. The highest BCUT2D eigenvalue weighted by Crippen LogP contribution is 2.20. The fourth-order valence-electron chi connectivity index (χ4n) is 3.68. The predicted octanol–water partition coefficient (Wildman–Crippen LogP) is 4.29. The van der Waals surface area contributed by atoms with E-state index in [1.54, 1.807) is 12.1 Å². The van der Waals surface area contributed by atoms with E-state index in [9.17, 15) is 9.18 Å². The van der Waals surface area contributed by atoms with Crippen LogP contribution in [0.1, 0.15) is 24.8 Å². The van der Waals surface area contributed by atoms with Crippen molar-refractivity contribution >= 4 is 11.7 Å². The number of halogens is 1. The number of carbonyl (C=O) groups is 1. The Bertz CT molecular complexity index is 705. The summed E-state index contributed by atoms with van der Waals surface area (Å²) in [6.45, 7) is 3.92. The first-order valence-corrected chi connectivity index (χ1v) is 9.76. The Morgan fingerprint density at radius 2 is 1.89 bits per heavy atom. The van der Waals surface area contributed by atoms with Gasteiger partial charge in [0.1, 0.15) is 5.82 Å². The number of likely N-dealkylation sites (tertiary alicyclic amines) is 1. The van der Waals surface area contributed by atoms with Gasteiger partial charge in [0.15, 0.2) is 0 Å². The van der Waals surface area contributed by atoms with Crippen molar-refractivity contribution in [3.63, 3.8) is 0 Å². The van der Waals surface area contributed by atoms with Crippen LogP contribution in [0.3, 0.4) is 0 Å². The van der Waals surface area contributed by atoms with Crippen LogP contribution >= 0.6 is 0 Å². The lowest BCUT2D eigenvalue weighted by Gasteiger charge is -2.32. The van der Waals surface area contributed by atoms with Gasteiger partial charge in [-0.15, -0.1) is 0 Å². The van der Waals surface area contributed by atoms with Crippen LogP contribution in [0.25, 0.3) is 0 Å². The van der Waals surface area contributed by atoms with Crippen molar-refractivity contribution in [3.8, 4) is 0 Å². The second-order valence-corrected chi connectivity index (χ2v) is 7.24. The molecule has 2 aromatic carbocycles. The summed E-state index contributed by atoms with van der Waals surface area (Å²) in [5.74, 6) is 0.406. The number of rotatable bonds is 7. The fraction of sp³-hybridized carbons (Fsp3) is 0.409. The van der Waals surface area contributed by atoms with Gasteiger partial charge in [-0.25, -0.2) is 9.18 Å². The lowest BCUT2D eigenvalue weighted by atomic mass is 9.91. The van der Waals surface area contributed by atoms with E-state index in [-0.39, 0.29) is 11.8 Å². The van der Waals surface area contributed by atoms with Gasteiger partial charge in [0.05, 0.1) is 0 Å². The molecule has 3 rings (SSSR count). The van der Waals surface area contributed by atoms with Crippen molar-refractivity contribution in [2.75, 3.05) is 31.5 Å². The summed E-state index contributed by atoms with van der Waals surface area (Å²) in [6.07, 6.45) is 4.62. The molecule has 0 aliphatic carbocycles. The van der Waals surface area contributed by atoms with E-state index in [1.165, 1.54) is 30.5 Å². The van der Waals surface area contributed by atoms with E-state index in [0.29, 0.717) is 12.2 Å². The van der Waals surface area contributed by atoms with Gasteiger partial charge in [-0.1, -0.05) is 30.3 Å². The molecule has 0 saturated carbocycles. The summed E-state index contributed by atoms with van der Waals surface area (Å²) in [6, 6.07) is 16.2. The van der Waals surface area contributed by atoms with Crippen LogP contribution in [-0.2, 0) is 6.42 Å². The number of nitrogens with zero attached hydrogens (tertiary/aromatic N) is 1. The third kappa shape index (κ3) is 6.68. The van der Waals surface area contributed by atoms with Gasteiger partial charge in [0.2, 0.25) is 0 Å². The van der Waals surface area contributed by atoms with Gasteiger partial charge in [-0.05, 0) is 74.5 Å². The van der Waals surface area contributed by atoms with Crippen molar-refractivity contribution in [2.24, 2.45) is 5.92 Å². The Hall–Kier alpha value is -2.40. The number of urea groups is 1. The summed E-state index contributed by atoms with van der Waals surface area (Å²) in [4.78, 5) is 14.4. The molecule has 1 fully saturated rings. The van der Waals surface area contributed by atoms with E-state index in [0.717, 1.165) is 38.4 Å². The lowest BCUT2D eigenvalue weighted by Crippen LogP contribution is -2.38. The third-order valence-electron chi connectivity index (χ3n) is 5.01. The summed E-state index contributed by atoms with van der Waals surface area (Å²) < 4.78 is 12.9. The van der Waals surface area contributed by atoms with Gasteiger partial charge in [0.25, 0.3) is 0 Å². The van der Waals surface area contributed by atoms with Gasteiger partial charge < -0.3 is 15.5 Å². The molecule has 0 spiro atoms. The van der Waals surface area contributed by atoms with Crippen LogP contribution in [-0.4, -0.2) is 37.1 Å². The van der Waals surface area contributed by atoms with Crippen LogP contribution < -0.4 is 10.6 Å². The number of nitrogens with one attached hydrogen (secondary N) is 2. The van der Waals surface area contributed by atoms with E-state index in [4.69, 9.17) is 0 Å². The van der Waals surface area contributed by atoms with E-state index >= 15 is 0 Å². The Kier molecular flexibility index (Phi) is 7.22. The minimum Gasteiger partial charge on any atom is -0.338 e. The molecular weight excluding hydrogens is 341 g/mol. The highest BCUT2D eigenvalue weighted by Gasteiger charge is 2.19.